The number of sulfone groups is 1. The van der Waals surface area contributed by atoms with Crippen LogP contribution in [0.25, 0.3) is 10.9 Å². The van der Waals surface area contributed by atoms with Crippen molar-refractivity contribution in [1.82, 2.24) is 4.98 Å². The van der Waals surface area contributed by atoms with Crippen molar-refractivity contribution in [3.05, 3.63) is 35.5 Å². The van der Waals surface area contributed by atoms with Gasteiger partial charge < -0.3 is 4.98 Å². The molecule has 0 aliphatic carbocycles. The predicted octanol–water partition coefficient (Wildman–Crippen LogP) is 2.63. The molecule has 1 aliphatic heterocycles. The van der Waals surface area contributed by atoms with Crippen molar-refractivity contribution >= 4 is 26.5 Å². The van der Waals surface area contributed by atoms with E-state index in [1.807, 2.05) is 25.1 Å². The van der Waals surface area contributed by atoms with E-state index in [0.29, 0.717) is 18.4 Å². The number of H-pyrrole nitrogens is 1. The molecule has 106 valence electrons. The van der Waals surface area contributed by atoms with E-state index in [-0.39, 0.29) is 11.5 Å². The first kappa shape index (κ1) is 13.4. The second-order valence-corrected chi connectivity index (χ2v) is 7.72. The monoisotopic (exact) mass is 291 g/mol. The maximum absolute atomic E-state index is 12.6. The van der Waals surface area contributed by atoms with Crippen LogP contribution in [-0.2, 0) is 9.84 Å². The van der Waals surface area contributed by atoms with Crippen LogP contribution in [0.3, 0.4) is 0 Å². The highest BCUT2D eigenvalue weighted by Gasteiger charge is 2.36. The Balaban J connectivity index is 2.09. The van der Waals surface area contributed by atoms with Gasteiger partial charge in [-0.05, 0) is 31.4 Å². The first-order valence-electron chi connectivity index (χ1n) is 6.83. The van der Waals surface area contributed by atoms with E-state index < -0.39 is 15.1 Å². The normalized spacial score (nSPS) is 21.9. The lowest BCUT2D eigenvalue weighted by Crippen LogP contribution is -2.35. The predicted molar refractivity (Wildman–Crippen MR) is 78.8 cm³/mol. The number of Topliss-reactive ketones (excluding diaryl/α,β-unsaturated/α-hetero) is 1. The molecule has 0 radical (unpaired) electrons. The van der Waals surface area contributed by atoms with Crippen molar-refractivity contribution in [2.45, 2.75) is 31.4 Å². The number of aromatic amines is 1. The molecule has 1 fully saturated rings. The molecule has 1 unspecified atom stereocenters. The van der Waals surface area contributed by atoms with Gasteiger partial charge in [0.2, 0.25) is 0 Å². The van der Waals surface area contributed by atoms with Gasteiger partial charge >= 0.3 is 0 Å². The summed E-state index contributed by atoms with van der Waals surface area (Å²) < 4.78 is 24.2. The lowest BCUT2D eigenvalue weighted by molar-refractivity contribution is 0.0983. The fourth-order valence-corrected chi connectivity index (χ4v) is 4.85. The van der Waals surface area contributed by atoms with Gasteiger partial charge in [-0.3, -0.25) is 4.79 Å². The fourth-order valence-electron chi connectivity index (χ4n) is 2.98. The highest BCUT2D eigenvalue weighted by atomic mass is 32.2. The van der Waals surface area contributed by atoms with Gasteiger partial charge in [0.15, 0.2) is 15.6 Å². The van der Waals surface area contributed by atoms with E-state index in [4.69, 9.17) is 0 Å². The minimum absolute atomic E-state index is 0.130. The zero-order valence-corrected chi connectivity index (χ0v) is 12.2. The molecule has 0 bridgehead atoms. The molecule has 4 nitrogen and oxygen atoms in total. The van der Waals surface area contributed by atoms with Crippen molar-refractivity contribution in [2.75, 3.05) is 5.75 Å². The summed E-state index contributed by atoms with van der Waals surface area (Å²) in [6, 6.07) is 5.75. The SMILES string of the molecule is Cc1cccc2[nH]cc(C(=O)C3CCCCS3(=O)=O)c12. The Morgan fingerprint density at radius 1 is 1.30 bits per heavy atom. The third-order valence-corrected chi connectivity index (χ3v) is 6.23. The van der Waals surface area contributed by atoms with Gasteiger partial charge in [-0.1, -0.05) is 18.6 Å². The van der Waals surface area contributed by atoms with Gasteiger partial charge in [0.25, 0.3) is 0 Å². The number of aryl methyl sites for hydroxylation is 1. The van der Waals surface area contributed by atoms with E-state index in [2.05, 4.69) is 4.98 Å². The van der Waals surface area contributed by atoms with E-state index in [1.54, 1.807) is 6.20 Å². The highest BCUT2D eigenvalue weighted by Crippen LogP contribution is 2.28. The number of carbonyl (C=O) groups excluding carboxylic acids is 1. The van der Waals surface area contributed by atoms with Crippen LogP contribution >= 0.6 is 0 Å². The van der Waals surface area contributed by atoms with Crippen molar-refractivity contribution in [3.63, 3.8) is 0 Å². The van der Waals surface area contributed by atoms with Crippen molar-refractivity contribution in [3.8, 4) is 0 Å². The maximum Gasteiger partial charge on any atom is 0.183 e. The number of carbonyl (C=O) groups is 1. The van der Waals surface area contributed by atoms with Crippen LogP contribution in [-0.4, -0.2) is 30.2 Å². The summed E-state index contributed by atoms with van der Waals surface area (Å²) in [5, 5.41) is -0.0203. The number of rotatable bonds is 2. The molecule has 3 rings (SSSR count). The molecule has 2 aromatic rings. The summed E-state index contributed by atoms with van der Waals surface area (Å²) in [5.74, 6) is -0.129. The van der Waals surface area contributed by atoms with E-state index in [9.17, 15) is 13.2 Å². The molecule has 2 heterocycles. The van der Waals surface area contributed by atoms with E-state index in [1.165, 1.54) is 0 Å². The number of nitrogens with one attached hydrogen (secondary N) is 1. The molecule has 1 atom stereocenters. The second kappa shape index (κ2) is 4.74. The topological polar surface area (TPSA) is 67.0 Å². The molecular weight excluding hydrogens is 274 g/mol. The molecule has 0 saturated carbocycles. The number of benzene rings is 1. The van der Waals surface area contributed by atoms with Crippen LogP contribution in [0.5, 0.6) is 0 Å². The molecular formula is C15H17NO3S. The Kier molecular flexibility index (Phi) is 3.17. The summed E-state index contributed by atoms with van der Waals surface area (Å²) in [4.78, 5) is 15.7. The lowest BCUT2D eigenvalue weighted by Gasteiger charge is -2.20. The van der Waals surface area contributed by atoms with Crippen molar-refractivity contribution in [2.24, 2.45) is 0 Å². The van der Waals surface area contributed by atoms with Crippen molar-refractivity contribution in [1.29, 1.82) is 0 Å². The third-order valence-electron chi connectivity index (χ3n) is 4.05. The van der Waals surface area contributed by atoms with Gasteiger partial charge in [-0.15, -0.1) is 0 Å². The van der Waals surface area contributed by atoms with Crippen LogP contribution in [0.2, 0.25) is 0 Å². The molecule has 20 heavy (non-hydrogen) atoms. The summed E-state index contributed by atoms with van der Waals surface area (Å²) >= 11 is 0. The molecule has 1 aliphatic rings. The minimum atomic E-state index is -3.29. The number of ketones is 1. The van der Waals surface area contributed by atoms with Crippen LogP contribution in [0.1, 0.15) is 35.2 Å². The van der Waals surface area contributed by atoms with Gasteiger partial charge in [-0.25, -0.2) is 8.42 Å². The molecule has 1 aromatic heterocycles. The maximum atomic E-state index is 12.6. The van der Waals surface area contributed by atoms with Gasteiger partial charge in [-0.2, -0.15) is 0 Å². The summed E-state index contributed by atoms with van der Waals surface area (Å²) in [7, 11) is -3.29. The molecule has 0 spiro atoms. The Labute approximate surface area is 118 Å². The van der Waals surface area contributed by atoms with Gasteiger partial charge in [0.1, 0.15) is 5.25 Å². The number of hydrogen-bond acceptors (Lipinski definition) is 3. The Morgan fingerprint density at radius 3 is 2.85 bits per heavy atom. The van der Waals surface area contributed by atoms with E-state index >= 15 is 0 Å². The average molecular weight is 291 g/mol. The first-order valence-corrected chi connectivity index (χ1v) is 8.55. The van der Waals surface area contributed by atoms with Gasteiger partial charge in [0.05, 0.1) is 5.75 Å². The standard InChI is InChI=1S/C15H17NO3S/c1-10-5-4-6-12-14(10)11(9-16-12)15(17)13-7-2-3-8-20(13,18)19/h4-6,9,13,16H,2-3,7-8H2,1H3. The minimum Gasteiger partial charge on any atom is -0.360 e. The van der Waals surface area contributed by atoms with E-state index in [0.717, 1.165) is 22.9 Å². The molecule has 1 N–H and O–H groups in total. The third kappa shape index (κ3) is 2.06. The Hall–Kier alpha value is -1.62. The molecule has 1 saturated heterocycles. The lowest BCUT2D eigenvalue weighted by atomic mass is 10.0. The second-order valence-electron chi connectivity index (χ2n) is 5.42. The van der Waals surface area contributed by atoms with Crippen LogP contribution < -0.4 is 0 Å². The smallest absolute Gasteiger partial charge is 0.183 e. The summed E-state index contributed by atoms with van der Waals surface area (Å²) in [6.07, 6.45) is 3.56. The average Bonchev–Trinajstić information content (AvgIpc) is 2.83. The molecule has 0 amide bonds. The van der Waals surface area contributed by atoms with Crippen molar-refractivity contribution < 1.29 is 13.2 Å². The molecule has 5 heteroatoms. The highest BCUT2D eigenvalue weighted by molar-refractivity contribution is 7.92. The zero-order chi connectivity index (χ0) is 14.3. The summed E-state index contributed by atoms with van der Waals surface area (Å²) in [5.41, 5.74) is 2.37. The Morgan fingerprint density at radius 2 is 2.10 bits per heavy atom. The number of fused-ring (bicyclic) bond motifs is 1. The van der Waals surface area contributed by atoms with Crippen LogP contribution in [0.4, 0.5) is 0 Å². The zero-order valence-electron chi connectivity index (χ0n) is 11.3. The summed E-state index contributed by atoms with van der Waals surface area (Å²) in [6.45, 7) is 1.93. The quantitative estimate of drug-likeness (QED) is 0.865. The number of hydrogen-bond donors (Lipinski definition) is 1. The Bertz CT molecular complexity index is 774. The first-order chi connectivity index (χ1) is 9.50. The van der Waals surface area contributed by atoms with Crippen LogP contribution in [0.15, 0.2) is 24.4 Å². The molecule has 1 aromatic carbocycles. The fraction of sp³-hybridized carbons (Fsp3) is 0.400. The number of aromatic nitrogens is 1. The van der Waals surface area contributed by atoms with Gasteiger partial charge in [0, 0.05) is 22.7 Å². The van der Waals surface area contributed by atoms with Crippen LogP contribution in [0, 0.1) is 6.92 Å². The largest absolute Gasteiger partial charge is 0.360 e.